The lowest BCUT2D eigenvalue weighted by Gasteiger charge is -2.10. The summed E-state index contributed by atoms with van der Waals surface area (Å²) in [5.41, 5.74) is 1.24. The number of likely N-dealkylation sites (N-methyl/N-ethyl adjacent to an activating group) is 1. The van der Waals surface area contributed by atoms with E-state index in [-0.39, 0.29) is 12.8 Å². The van der Waals surface area contributed by atoms with Crippen LogP contribution in [0.2, 0.25) is 10.0 Å². The van der Waals surface area contributed by atoms with Gasteiger partial charge in [-0.25, -0.2) is 0 Å². The molecule has 0 fully saturated rings. The Morgan fingerprint density at radius 2 is 2.00 bits per heavy atom. The average molecular weight is 333 g/mol. The predicted molar refractivity (Wildman–Crippen MR) is 84.4 cm³/mol. The molecule has 0 spiro atoms. The Labute approximate surface area is 134 Å². The van der Waals surface area contributed by atoms with Crippen molar-refractivity contribution in [3.05, 3.63) is 33.8 Å². The predicted octanol–water partition coefficient (Wildman–Crippen LogP) is 3.14. The Morgan fingerprint density at radius 1 is 1.29 bits per heavy atom. The molecule has 1 aromatic rings. The fraction of sp³-hybridized carbons (Fsp3) is 0.429. The van der Waals surface area contributed by atoms with Gasteiger partial charge in [0.2, 0.25) is 0 Å². The molecule has 0 aromatic heterocycles. The van der Waals surface area contributed by atoms with Crippen LogP contribution in [0.3, 0.4) is 0 Å². The Kier molecular flexibility index (Phi) is 7.50. The van der Waals surface area contributed by atoms with Crippen LogP contribution in [0.1, 0.15) is 18.4 Å². The van der Waals surface area contributed by atoms with Crippen molar-refractivity contribution in [2.24, 2.45) is 5.16 Å². The van der Waals surface area contributed by atoms with Gasteiger partial charge in [-0.2, -0.15) is 0 Å². The largest absolute Gasteiger partial charge is 0.481 e. The monoisotopic (exact) mass is 332 g/mol. The molecule has 1 aromatic carbocycles. The van der Waals surface area contributed by atoms with Crippen molar-refractivity contribution in [2.45, 2.75) is 12.8 Å². The third-order valence-corrected chi connectivity index (χ3v) is 3.37. The van der Waals surface area contributed by atoms with E-state index < -0.39 is 5.97 Å². The van der Waals surface area contributed by atoms with Gasteiger partial charge in [0.1, 0.15) is 6.61 Å². The van der Waals surface area contributed by atoms with Crippen LogP contribution < -0.4 is 0 Å². The van der Waals surface area contributed by atoms with E-state index in [1.54, 1.807) is 18.2 Å². The summed E-state index contributed by atoms with van der Waals surface area (Å²) in [6.45, 7) is 1.14. The normalized spacial score (nSPS) is 11.8. The first-order valence-corrected chi connectivity index (χ1v) is 7.16. The van der Waals surface area contributed by atoms with E-state index in [2.05, 4.69) is 5.16 Å². The molecule has 0 saturated carbocycles. The third kappa shape index (κ3) is 6.80. The summed E-state index contributed by atoms with van der Waals surface area (Å²) in [6, 6.07) is 5.04. The fourth-order valence-corrected chi connectivity index (χ4v) is 1.79. The summed E-state index contributed by atoms with van der Waals surface area (Å²) in [5.74, 6) is -0.893. The number of carboxylic acids is 1. The van der Waals surface area contributed by atoms with Gasteiger partial charge in [0.25, 0.3) is 0 Å². The van der Waals surface area contributed by atoms with Gasteiger partial charge >= 0.3 is 5.97 Å². The van der Waals surface area contributed by atoms with E-state index in [4.69, 9.17) is 33.1 Å². The topological polar surface area (TPSA) is 62.1 Å². The zero-order chi connectivity index (χ0) is 15.8. The van der Waals surface area contributed by atoms with Crippen molar-refractivity contribution in [1.29, 1.82) is 0 Å². The van der Waals surface area contributed by atoms with Gasteiger partial charge in [-0.3, -0.25) is 4.79 Å². The molecule has 5 nitrogen and oxygen atoms in total. The first-order valence-electron chi connectivity index (χ1n) is 6.41. The Balaban J connectivity index is 2.82. The van der Waals surface area contributed by atoms with Crippen molar-refractivity contribution in [3.63, 3.8) is 0 Å². The maximum atomic E-state index is 10.7. The minimum absolute atomic E-state index is 0.0316. The second-order valence-electron chi connectivity index (χ2n) is 4.70. The van der Waals surface area contributed by atoms with E-state index in [9.17, 15) is 4.79 Å². The van der Waals surface area contributed by atoms with E-state index in [0.29, 0.717) is 27.9 Å². The molecule has 0 radical (unpaired) electrons. The molecule has 0 unspecified atom stereocenters. The average Bonchev–Trinajstić information content (AvgIpc) is 2.40. The number of hydrogen-bond donors (Lipinski definition) is 1. The van der Waals surface area contributed by atoms with Gasteiger partial charge < -0.3 is 14.8 Å². The van der Waals surface area contributed by atoms with Crippen molar-refractivity contribution in [3.8, 4) is 0 Å². The molecular formula is C14H18Cl2N2O3. The summed E-state index contributed by atoms with van der Waals surface area (Å²) in [7, 11) is 3.86. The highest BCUT2D eigenvalue weighted by atomic mass is 35.5. The second kappa shape index (κ2) is 8.87. The second-order valence-corrected chi connectivity index (χ2v) is 5.51. The first-order chi connectivity index (χ1) is 9.90. The van der Waals surface area contributed by atoms with Crippen LogP contribution in [0.4, 0.5) is 0 Å². The molecule has 116 valence electrons. The number of aliphatic carboxylic acids is 1. The maximum absolute atomic E-state index is 10.7. The molecule has 0 aliphatic carbocycles. The van der Waals surface area contributed by atoms with Crippen LogP contribution in [0.5, 0.6) is 0 Å². The van der Waals surface area contributed by atoms with Crippen LogP contribution in [0.15, 0.2) is 23.4 Å². The summed E-state index contributed by atoms with van der Waals surface area (Å²) in [6.07, 6.45) is 0.228. The van der Waals surface area contributed by atoms with Crippen LogP contribution in [-0.4, -0.2) is 48.9 Å². The van der Waals surface area contributed by atoms with Gasteiger partial charge in [-0.1, -0.05) is 34.4 Å². The number of carbonyl (C=O) groups is 1. The lowest BCUT2D eigenvalue weighted by atomic mass is 10.1. The maximum Gasteiger partial charge on any atom is 0.303 e. The van der Waals surface area contributed by atoms with E-state index in [0.717, 1.165) is 6.54 Å². The Morgan fingerprint density at radius 3 is 2.57 bits per heavy atom. The molecule has 0 saturated heterocycles. The van der Waals surface area contributed by atoms with Crippen molar-refractivity contribution >= 4 is 34.9 Å². The van der Waals surface area contributed by atoms with E-state index >= 15 is 0 Å². The fourth-order valence-electron chi connectivity index (χ4n) is 1.49. The summed E-state index contributed by atoms with van der Waals surface area (Å²) >= 11 is 11.8. The summed E-state index contributed by atoms with van der Waals surface area (Å²) in [5, 5.41) is 13.7. The van der Waals surface area contributed by atoms with Crippen molar-refractivity contribution in [2.75, 3.05) is 27.2 Å². The molecule has 1 rings (SSSR count). The molecule has 0 amide bonds. The van der Waals surface area contributed by atoms with Gasteiger partial charge in [-0.15, -0.1) is 0 Å². The molecule has 0 heterocycles. The SMILES string of the molecule is CN(C)CCO/N=C(/CCC(=O)O)c1ccc(Cl)c(Cl)c1. The molecule has 7 heteroatoms. The molecule has 1 N–H and O–H groups in total. The summed E-state index contributed by atoms with van der Waals surface area (Å²) in [4.78, 5) is 17.9. The van der Waals surface area contributed by atoms with Crippen LogP contribution in [-0.2, 0) is 9.63 Å². The summed E-state index contributed by atoms with van der Waals surface area (Å²) < 4.78 is 0. The lowest BCUT2D eigenvalue weighted by Crippen LogP contribution is -2.17. The minimum Gasteiger partial charge on any atom is -0.481 e. The molecule has 0 aliphatic heterocycles. The first kappa shape index (κ1) is 17.8. The highest BCUT2D eigenvalue weighted by Gasteiger charge is 2.10. The zero-order valence-electron chi connectivity index (χ0n) is 12.0. The number of benzene rings is 1. The molecule has 21 heavy (non-hydrogen) atoms. The number of hydrogen-bond acceptors (Lipinski definition) is 4. The van der Waals surface area contributed by atoms with Crippen LogP contribution in [0.25, 0.3) is 0 Å². The molecule has 0 aliphatic rings. The molecular weight excluding hydrogens is 315 g/mol. The molecule has 0 atom stereocenters. The van der Waals surface area contributed by atoms with Crippen molar-refractivity contribution in [1.82, 2.24) is 4.90 Å². The van der Waals surface area contributed by atoms with Crippen molar-refractivity contribution < 1.29 is 14.7 Å². The van der Waals surface area contributed by atoms with Crippen LogP contribution >= 0.6 is 23.2 Å². The van der Waals surface area contributed by atoms with Gasteiger partial charge in [0.15, 0.2) is 0 Å². The molecule has 0 bridgehead atoms. The van der Waals surface area contributed by atoms with Gasteiger partial charge in [0, 0.05) is 18.5 Å². The quantitative estimate of drug-likeness (QED) is 0.451. The number of oxime groups is 1. The Bertz CT molecular complexity index is 519. The smallest absolute Gasteiger partial charge is 0.303 e. The number of halogens is 2. The number of carboxylic acid groups (broad SMARTS) is 1. The Hall–Kier alpha value is -1.30. The third-order valence-electron chi connectivity index (χ3n) is 2.63. The van der Waals surface area contributed by atoms with E-state index in [1.165, 1.54) is 0 Å². The standard InChI is InChI=1S/C14H18Cl2N2O3/c1-18(2)7-8-21-17-13(5-6-14(19)20)10-3-4-11(15)12(16)9-10/h3-4,9H,5-8H2,1-2H3,(H,19,20)/b17-13-. The minimum atomic E-state index is -0.893. The van der Waals surface area contributed by atoms with Crippen LogP contribution in [0, 0.1) is 0 Å². The van der Waals surface area contributed by atoms with E-state index in [1.807, 2.05) is 19.0 Å². The highest BCUT2D eigenvalue weighted by Crippen LogP contribution is 2.23. The lowest BCUT2D eigenvalue weighted by molar-refractivity contribution is -0.136. The number of rotatable bonds is 8. The number of nitrogens with zero attached hydrogens (tertiary/aromatic N) is 2. The highest BCUT2D eigenvalue weighted by molar-refractivity contribution is 6.42. The van der Waals surface area contributed by atoms with Gasteiger partial charge in [-0.05, 0) is 26.2 Å². The zero-order valence-corrected chi connectivity index (χ0v) is 13.5. The van der Waals surface area contributed by atoms with Gasteiger partial charge in [0.05, 0.1) is 22.2 Å².